The van der Waals surface area contributed by atoms with Crippen molar-refractivity contribution in [3.63, 3.8) is 0 Å². The minimum absolute atomic E-state index is 0.118. The minimum atomic E-state index is 0.118. The predicted molar refractivity (Wildman–Crippen MR) is 90.2 cm³/mol. The van der Waals surface area contributed by atoms with Gasteiger partial charge in [0.05, 0.1) is 12.8 Å². The molecule has 0 radical (unpaired) electrons. The summed E-state index contributed by atoms with van der Waals surface area (Å²) in [6.07, 6.45) is 0. The fourth-order valence-corrected chi connectivity index (χ4v) is 3.07. The number of aromatic nitrogens is 1. The van der Waals surface area contributed by atoms with E-state index in [-0.39, 0.29) is 5.54 Å². The number of thiazole rings is 1. The van der Waals surface area contributed by atoms with Gasteiger partial charge < -0.3 is 10.1 Å². The zero-order chi connectivity index (χ0) is 15.6. The van der Waals surface area contributed by atoms with E-state index in [1.807, 2.05) is 6.07 Å². The van der Waals surface area contributed by atoms with Gasteiger partial charge in [0.1, 0.15) is 10.8 Å². The van der Waals surface area contributed by atoms with Gasteiger partial charge in [0.25, 0.3) is 0 Å². The van der Waals surface area contributed by atoms with E-state index in [1.165, 1.54) is 4.88 Å². The number of hydrogen-bond donors (Lipinski definition) is 1. The van der Waals surface area contributed by atoms with Crippen LogP contribution in [0.2, 0.25) is 0 Å². The summed E-state index contributed by atoms with van der Waals surface area (Å²) < 4.78 is 5.31. The number of benzene rings is 1. The van der Waals surface area contributed by atoms with Crippen LogP contribution >= 0.6 is 11.3 Å². The summed E-state index contributed by atoms with van der Waals surface area (Å²) in [5, 5.41) is 4.60. The molecular weight excluding hydrogens is 280 g/mol. The quantitative estimate of drug-likeness (QED) is 0.913. The molecule has 2 aromatic rings. The number of nitrogens with zero attached hydrogens (tertiary/aromatic N) is 1. The van der Waals surface area contributed by atoms with Crippen molar-refractivity contribution >= 4 is 11.3 Å². The lowest BCUT2D eigenvalue weighted by Gasteiger charge is -2.19. The lowest BCUT2D eigenvalue weighted by molar-refractivity contribution is 0.412. The van der Waals surface area contributed by atoms with Crippen molar-refractivity contribution in [2.24, 2.45) is 0 Å². The molecule has 0 bridgehead atoms. The van der Waals surface area contributed by atoms with E-state index >= 15 is 0 Å². The molecule has 2 rings (SSSR count). The third-order valence-electron chi connectivity index (χ3n) is 3.31. The molecule has 0 unspecified atom stereocenters. The molecule has 0 spiro atoms. The Morgan fingerprint density at radius 3 is 2.52 bits per heavy atom. The monoisotopic (exact) mass is 304 g/mol. The van der Waals surface area contributed by atoms with Gasteiger partial charge in [0.2, 0.25) is 0 Å². The molecule has 0 saturated carbocycles. The molecule has 0 amide bonds. The Hall–Kier alpha value is -1.39. The minimum Gasteiger partial charge on any atom is -0.496 e. The van der Waals surface area contributed by atoms with E-state index in [1.54, 1.807) is 18.4 Å². The molecule has 21 heavy (non-hydrogen) atoms. The van der Waals surface area contributed by atoms with Crippen LogP contribution in [0.4, 0.5) is 0 Å². The van der Waals surface area contributed by atoms with Crippen LogP contribution in [0.15, 0.2) is 18.2 Å². The molecule has 4 heteroatoms. The summed E-state index contributed by atoms with van der Waals surface area (Å²) in [6, 6.07) is 6.22. The molecule has 0 fully saturated rings. The second-order valence-electron chi connectivity index (χ2n) is 6.32. The molecule has 0 aliphatic carbocycles. The lowest BCUT2D eigenvalue weighted by atomic mass is 10.1. The van der Waals surface area contributed by atoms with Crippen molar-refractivity contribution in [3.8, 4) is 16.3 Å². The van der Waals surface area contributed by atoms with Crippen LogP contribution in [0, 0.1) is 13.8 Å². The highest BCUT2D eigenvalue weighted by atomic mass is 32.1. The molecular formula is C17H24N2OS. The van der Waals surface area contributed by atoms with E-state index in [4.69, 9.17) is 9.72 Å². The van der Waals surface area contributed by atoms with E-state index in [2.05, 4.69) is 52.1 Å². The second kappa shape index (κ2) is 6.16. The molecule has 3 nitrogen and oxygen atoms in total. The van der Waals surface area contributed by atoms with Gasteiger partial charge in [-0.15, -0.1) is 11.3 Å². The number of nitrogens with one attached hydrogen (secondary N) is 1. The van der Waals surface area contributed by atoms with Gasteiger partial charge in [0, 0.05) is 22.5 Å². The average Bonchev–Trinajstić information content (AvgIpc) is 2.77. The van der Waals surface area contributed by atoms with E-state index in [0.717, 1.165) is 34.1 Å². The van der Waals surface area contributed by atoms with Crippen molar-refractivity contribution in [3.05, 3.63) is 34.3 Å². The Morgan fingerprint density at radius 1 is 1.24 bits per heavy atom. The van der Waals surface area contributed by atoms with Crippen molar-refractivity contribution in [2.45, 2.75) is 46.7 Å². The number of rotatable bonds is 4. The Balaban J connectivity index is 2.24. The van der Waals surface area contributed by atoms with Gasteiger partial charge in [0.15, 0.2) is 0 Å². The standard InChI is InChI=1S/C17H24N2OS/c1-11-9-13(7-8-14(11)20-6)16-19-12(2)15(21-16)10-18-17(3,4)5/h7-9,18H,10H2,1-6H3. The van der Waals surface area contributed by atoms with E-state index < -0.39 is 0 Å². The molecule has 1 aromatic heterocycles. The van der Waals surface area contributed by atoms with Crippen LogP contribution < -0.4 is 10.1 Å². The molecule has 114 valence electrons. The van der Waals surface area contributed by atoms with Crippen molar-refractivity contribution < 1.29 is 4.74 Å². The van der Waals surface area contributed by atoms with Gasteiger partial charge in [-0.05, 0) is 58.4 Å². The zero-order valence-corrected chi connectivity index (χ0v) is 14.5. The molecule has 1 aromatic carbocycles. The smallest absolute Gasteiger partial charge is 0.123 e. The van der Waals surface area contributed by atoms with Gasteiger partial charge >= 0.3 is 0 Å². The van der Waals surface area contributed by atoms with Crippen LogP contribution in [0.3, 0.4) is 0 Å². The maximum atomic E-state index is 5.31. The van der Waals surface area contributed by atoms with E-state index in [0.29, 0.717) is 0 Å². The van der Waals surface area contributed by atoms with Crippen LogP contribution in [0.5, 0.6) is 5.75 Å². The Kier molecular flexibility index (Phi) is 4.69. The van der Waals surface area contributed by atoms with Crippen molar-refractivity contribution in [1.82, 2.24) is 10.3 Å². The first-order valence-corrected chi connectivity index (χ1v) is 7.98. The predicted octanol–water partition coefficient (Wildman–Crippen LogP) is 4.32. The Bertz CT molecular complexity index is 626. The summed E-state index contributed by atoms with van der Waals surface area (Å²) in [4.78, 5) is 6.02. The van der Waals surface area contributed by atoms with Gasteiger partial charge in [-0.3, -0.25) is 0 Å². The highest BCUT2D eigenvalue weighted by Gasteiger charge is 2.14. The summed E-state index contributed by atoms with van der Waals surface area (Å²) in [7, 11) is 1.70. The van der Waals surface area contributed by atoms with Gasteiger partial charge in [-0.2, -0.15) is 0 Å². The Morgan fingerprint density at radius 2 is 1.95 bits per heavy atom. The van der Waals surface area contributed by atoms with Gasteiger partial charge in [-0.1, -0.05) is 0 Å². The fourth-order valence-electron chi connectivity index (χ4n) is 2.07. The normalized spacial score (nSPS) is 11.7. The topological polar surface area (TPSA) is 34.1 Å². The maximum absolute atomic E-state index is 5.31. The highest BCUT2D eigenvalue weighted by molar-refractivity contribution is 7.15. The van der Waals surface area contributed by atoms with Crippen LogP contribution in [0.25, 0.3) is 10.6 Å². The summed E-state index contributed by atoms with van der Waals surface area (Å²) in [6.45, 7) is 11.5. The largest absolute Gasteiger partial charge is 0.496 e. The molecule has 1 N–H and O–H groups in total. The molecule has 0 aliphatic heterocycles. The van der Waals surface area contributed by atoms with Crippen molar-refractivity contribution in [1.29, 1.82) is 0 Å². The first-order valence-electron chi connectivity index (χ1n) is 7.16. The molecule has 0 saturated heterocycles. The number of hydrogen-bond acceptors (Lipinski definition) is 4. The summed E-state index contributed by atoms with van der Waals surface area (Å²) in [5.41, 5.74) is 3.52. The second-order valence-corrected chi connectivity index (χ2v) is 7.40. The molecule has 0 aliphatic rings. The number of methoxy groups -OCH3 is 1. The highest BCUT2D eigenvalue weighted by Crippen LogP contribution is 2.31. The third-order valence-corrected chi connectivity index (χ3v) is 4.52. The van der Waals surface area contributed by atoms with Crippen LogP contribution in [-0.4, -0.2) is 17.6 Å². The first-order chi connectivity index (χ1) is 9.80. The van der Waals surface area contributed by atoms with Crippen LogP contribution in [-0.2, 0) is 6.54 Å². The van der Waals surface area contributed by atoms with Crippen molar-refractivity contribution in [2.75, 3.05) is 7.11 Å². The zero-order valence-electron chi connectivity index (χ0n) is 13.7. The lowest BCUT2D eigenvalue weighted by Crippen LogP contribution is -2.34. The molecule has 0 atom stereocenters. The molecule has 1 heterocycles. The Labute approximate surface area is 131 Å². The fraction of sp³-hybridized carbons (Fsp3) is 0.471. The number of aryl methyl sites for hydroxylation is 2. The summed E-state index contributed by atoms with van der Waals surface area (Å²) >= 11 is 1.76. The van der Waals surface area contributed by atoms with Gasteiger partial charge in [-0.25, -0.2) is 4.98 Å². The SMILES string of the molecule is COc1ccc(-c2nc(C)c(CNC(C)(C)C)s2)cc1C. The summed E-state index contributed by atoms with van der Waals surface area (Å²) in [5.74, 6) is 0.918. The van der Waals surface area contributed by atoms with Crippen LogP contribution in [0.1, 0.15) is 36.9 Å². The number of ether oxygens (including phenoxy) is 1. The van der Waals surface area contributed by atoms with E-state index in [9.17, 15) is 0 Å². The average molecular weight is 304 g/mol. The maximum Gasteiger partial charge on any atom is 0.123 e. The third kappa shape index (κ3) is 4.05. The first kappa shape index (κ1) is 16.0.